The molecule has 5 nitrogen and oxygen atoms in total. The maximum atomic E-state index is 12.7. The van der Waals surface area contributed by atoms with Gasteiger partial charge in [0, 0.05) is 54.1 Å². The Balaban J connectivity index is 2.20. The normalized spacial score (nSPS) is 19.9. The molecule has 0 amide bonds. The summed E-state index contributed by atoms with van der Waals surface area (Å²) in [6, 6.07) is 5.70. The molecule has 1 atom stereocenters. The largest absolute Gasteiger partial charge is 0.466 e. The Bertz CT molecular complexity index is 839. The van der Waals surface area contributed by atoms with Gasteiger partial charge in [0.05, 0.1) is 12.7 Å². The molecule has 2 aliphatic rings. The van der Waals surface area contributed by atoms with Gasteiger partial charge in [-0.2, -0.15) is 0 Å². The SMILES string of the molecule is COC(=O)C1=C(C)NC2=C(C(=O)CCC2)[C@@H]1c1ccc(N(C)C)cc1Cl. The van der Waals surface area contributed by atoms with Gasteiger partial charge >= 0.3 is 5.97 Å². The van der Waals surface area contributed by atoms with Gasteiger partial charge in [0.2, 0.25) is 0 Å². The third-order valence-electron chi connectivity index (χ3n) is 4.99. The van der Waals surface area contributed by atoms with Crippen molar-refractivity contribution in [3.63, 3.8) is 0 Å². The summed E-state index contributed by atoms with van der Waals surface area (Å²) >= 11 is 6.59. The maximum absolute atomic E-state index is 12.7. The van der Waals surface area contributed by atoms with Crippen LogP contribution in [0.3, 0.4) is 0 Å². The zero-order chi connectivity index (χ0) is 19.0. The van der Waals surface area contributed by atoms with Crippen LogP contribution in [0.5, 0.6) is 0 Å². The van der Waals surface area contributed by atoms with E-state index in [9.17, 15) is 9.59 Å². The number of hydrogen-bond donors (Lipinski definition) is 1. The number of esters is 1. The predicted octanol–water partition coefficient (Wildman–Crippen LogP) is 3.55. The number of benzene rings is 1. The van der Waals surface area contributed by atoms with Gasteiger partial charge in [-0.3, -0.25) is 4.79 Å². The van der Waals surface area contributed by atoms with Gasteiger partial charge in [0.15, 0.2) is 5.78 Å². The van der Waals surface area contributed by atoms with Crippen LogP contribution in [0, 0.1) is 0 Å². The number of nitrogens with one attached hydrogen (secondary N) is 1. The van der Waals surface area contributed by atoms with Crippen LogP contribution in [0.25, 0.3) is 0 Å². The molecule has 0 aromatic heterocycles. The number of dihydropyridines is 1. The van der Waals surface area contributed by atoms with Crippen LogP contribution < -0.4 is 10.2 Å². The van der Waals surface area contributed by atoms with E-state index >= 15 is 0 Å². The molecule has 1 heterocycles. The highest BCUT2D eigenvalue weighted by atomic mass is 35.5. The average Bonchev–Trinajstić information content (AvgIpc) is 2.60. The fourth-order valence-electron chi connectivity index (χ4n) is 3.70. The van der Waals surface area contributed by atoms with Gasteiger partial charge in [0.1, 0.15) is 0 Å². The average molecular weight is 375 g/mol. The molecule has 3 rings (SSSR count). The molecule has 6 heteroatoms. The van der Waals surface area contributed by atoms with Crippen LogP contribution in [0.1, 0.15) is 37.7 Å². The van der Waals surface area contributed by atoms with Crippen molar-refractivity contribution in [2.24, 2.45) is 0 Å². The number of anilines is 1. The van der Waals surface area contributed by atoms with Crippen molar-refractivity contribution in [1.82, 2.24) is 5.32 Å². The van der Waals surface area contributed by atoms with E-state index < -0.39 is 11.9 Å². The minimum Gasteiger partial charge on any atom is -0.466 e. The molecule has 1 aliphatic carbocycles. The summed E-state index contributed by atoms with van der Waals surface area (Å²) in [4.78, 5) is 27.2. The second-order valence-corrected chi connectivity index (χ2v) is 7.26. The molecule has 0 radical (unpaired) electrons. The van der Waals surface area contributed by atoms with E-state index in [1.54, 1.807) is 0 Å². The Kier molecular flexibility index (Phi) is 5.10. The first-order valence-corrected chi connectivity index (χ1v) is 9.02. The van der Waals surface area contributed by atoms with Gasteiger partial charge < -0.3 is 15.0 Å². The summed E-state index contributed by atoms with van der Waals surface area (Å²) in [6.07, 6.45) is 2.08. The molecule has 138 valence electrons. The molecule has 1 aliphatic heterocycles. The summed E-state index contributed by atoms with van der Waals surface area (Å²) < 4.78 is 5.01. The highest BCUT2D eigenvalue weighted by Gasteiger charge is 2.39. The van der Waals surface area contributed by atoms with E-state index in [1.165, 1.54) is 7.11 Å². The van der Waals surface area contributed by atoms with Crippen LogP contribution >= 0.6 is 11.6 Å². The van der Waals surface area contributed by atoms with Gasteiger partial charge in [-0.15, -0.1) is 0 Å². The monoisotopic (exact) mass is 374 g/mol. The number of carbonyl (C=O) groups is 2. The summed E-state index contributed by atoms with van der Waals surface area (Å²) in [5.41, 5.74) is 4.40. The van der Waals surface area contributed by atoms with Crippen molar-refractivity contribution in [1.29, 1.82) is 0 Å². The summed E-state index contributed by atoms with van der Waals surface area (Å²) in [5.74, 6) is -0.890. The van der Waals surface area contributed by atoms with Crippen molar-refractivity contribution in [3.8, 4) is 0 Å². The number of carbonyl (C=O) groups excluding carboxylic acids is 2. The molecule has 0 spiro atoms. The fourth-order valence-corrected chi connectivity index (χ4v) is 3.99. The Hall–Kier alpha value is -2.27. The van der Waals surface area contributed by atoms with E-state index in [0.717, 1.165) is 29.8 Å². The second kappa shape index (κ2) is 7.16. The first kappa shape index (κ1) is 18.5. The maximum Gasteiger partial charge on any atom is 0.336 e. The molecule has 0 bridgehead atoms. The number of rotatable bonds is 3. The minimum absolute atomic E-state index is 0.0606. The molecular formula is C20H23ClN2O3. The molecule has 0 saturated carbocycles. The number of ketones is 1. The number of Topliss-reactive ketones (excluding diaryl/α,β-unsaturated/α-hetero) is 1. The standard InChI is InChI=1S/C20H23ClN2O3/c1-11-17(20(25)26-4)18(19-15(22-11)6-5-7-16(19)24)13-9-8-12(23(2)3)10-14(13)21/h8-10,18,22H,5-7H2,1-4H3/t18-/m1/s1. The van der Waals surface area contributed by atoms with E-state index in [0.29, 0.717) is 28.3 Å². The lowest BCUT2D eigenvalue weighted by Crippen LogP contribution is -2.34. The van der Waals surface area contributed by atoms with Crippen molar-refractivity contribution in [2.75, 3.05) is 26.1 Å². The molecule has 0 unspecified atom stereocenters. The Morgan fingerprint density at radius 3 is 2.65 bits per heavy atom. The van der Waals surface area contributed by atoms with Crippen LogP contribution in [0.4, 0.5) is 5.69 Å². The number of ether oxygens (including phenoxy) is 1. The highest BCUT2D eigenvalue weighted by Crippen LogP contribution is 2.45. The fraction of sp³-hybridized carbons (Fsp3) is 0.400. The molecule has 0 fully saturated rings. The van der Waals surface area contributed by atoms with Gasteiger partial charge in [-0.05, 0) is 37.5 Å². The summed E-state index contributed by atoms with van der Waals surface area (Å²) in [7, 11) is 5.22. The quantitative estimate of drug-likeness (QED) is 0.820. The number of halogens is 1. The summed E-state index contributed by atoms with van der Waals surface area (Å²) in [5, 5.41) is 3.78. The van der Waals surface area contributed by atoms with E-state index in [1.807, 2.05) is 44.1 Å². The lowest BCUT2D eigenvalue weighted by molar-refractivity contribution is -0.136. The number of hydrogen-bond acceptors (Lipinski definition) is 5. The van der Waals surface area contributed by atoms with Gasteiger partial charge in [-0.25, -0.2) is 4.79 Å². The Labute approximate surface area is 158 Å². The van der Waals surface area contributed by atoms with Crippen molar-refractivity contribution >= 4 is 29.0 Å². The molecule has 1 N–H and O–H groups in total. The van der Waals surface area contributed by atoms with Crippen molar-refractivity contribution in [2.45, 2.75) is 32.1 Å². The van der Waals surface area contributed by atoms with Crippen LogP contribution in [-0.2, 0) is 14.3 Å². The van der Waals surface area contributed by atoms with Gasteiger partial charge in [-0.1, -0.05) is 17.7 Å². The van der Waals surface area contributed by atoms with Crippen LogP contribution in [0.2, 0.25) is 5.02 Å². The molecule has 26 heavy (non-hydrogen) atoms. The van der Waals surface area contributed by atoms with Crippen molar-refractivity contribution < 1.29 is 14.3 Å². The Morgan fingerprint density at radius 2 is 2.04 bits per heavy atom. The molecule has 1 aromatic carbocycles. The number of allylic oxidation sites excluding steroid dienone is 3. The van der Waals surface area contributed by atoms with E-state index in [4.69, 9.17) is 16.3 Å². The van der Waals surface area contributed by atoms with E-state index in [2.05, 4.69) is 5.32 Å². The summed E-state index contributed by atoms with van der Waals surface area (Å²) in [6.45, 7) is 1.84. The van der Waals surface area contributed by atoms with E-state index in [-0.39, 0.29) is 5.78 Å². The molecular weight excluding hydrogens is 352 g/mol. The third-order valence-corrected chi connectivity index (χ3v) is 5.32. The Morgan fingerprint density at radius 1 is 1.31 bits per heavy atom. The second-order valence-electron chi connectivity index (χ2n) is 6.86. The van der Waals surface area contributed by atoms with Crippen LogP contribution in [-0.4, -0.2) is 33.0 Å². The smallest absolute Gasteiger partial charge is 0.336 e. The first-order valence-electron chi connectivity index (χ1n) is 8.64. The van der Waals surface area contributed by atoms with Crippen LogP contribution in [0.15, 0.2) is 40.7 Å². The minimum atomic E-state index is -0.504. The van der Waals surface area contributed by atoms with Crippen molar-refractivity contribution in [3.05, 3.63) is 51.3 Å². The molecule has 1 aromatic rings. The lowest BCUT2D eigenvalue weighted by Gasteiger charge is -2.34. The third kappa shape index (κ3) is 3.12. The zero-order valence-corrected chi connectivity index (χ0v) is 16.2. The zero-order valence-electron chi connectivity index (χ0n) is 15.5. The van der Waals surface area contributed by atoms with Gasteiger partial charge in [0.25, 0.3) is 0 Å². The number of nitrogens with zero attached hydrogens (tertiary/aromatic N) is 1. The topological polar surface area (TPSA) is 58.6 Å². The number of methoxy groups -OCH3 is 1. The molecule has 0 saturated heterocycles. The first-order chi connectivity index (χ1) is 12.3. The highest BCUT2D eigenvalue weighted by molar-refractivity contribution is 6.32. The lowest BCUT2D eigenvalue weighted by atomic mass is 9.75. The predicted molar refractivity (Wildman–Crippen MR) is 102 cm³/mol.